The van der Waals surface area contributed by atoms with E-state index in [1.807, 2.05) is 36.6 Å². The highest BCUT2D eigenvalue weighted by molar-refractivity contribution is 6.04. The predicted octanol–water partition coefficient (Wildman–Crippen LogP) is 1.77. The van der Waals surface area contributed by atoms with E-state index in [2.05, 4.69) is 22.3 Å². The van der Waals surface area contributed by atoms with E-state index in [1.54, 1.807) is 0 Å². The molecule has 2 heterocycles. The number of rotatable bonds is 0. The summed E-state index contributed by atoms with van der Waals surface area (Å²) >= 11 is 0. The second kappa shape index (κ2) is 2.59. The molecule has 0 N–H and O–H groups in total. The molecular weight excluding hydrogens is 188 g/mol. The van der Waals surface area contributed by atoms with Gasteiger partial charge in [0.25, 0.3) is 0 Å². The van der Waals surface area contributed by atoms with E-state index in [4.69, 9.17) is 0 Å². The summed E-state index contributed by atoms with van der Waals surface area (Å²) < 4.78 is 3.81. The number of benzene rings is 1. The number of aryl methyl sites for hydroxylation is 3. The summed E-state index contributed by atoms with van der Waals surface area (Å²) in [6.07, 6.45) is 1.90. The number of hydrogen-bond acceptors (Lipinski definition) is 2. The summed E-state index contributed by atoms with van der Waals surface area (Å²) in [6.45, 7) is 2.03. The first-order chi connectivity index (χ1) is 7.18. The van der Waals surface area contributed by atoms with Gasteiger partial charge in [0, 0.05) is 24.9 Å². The Bertz CT molecular complexity index is 660. The van der Waals surface area contributed by atoms with Crippen molar-refractivity contribution in [2.45, 2.75) is 6.92 Å². The fourth-order valence-corrected chi connectivity index (χ4v) is 2.18. The van der Waals surface area contributed by atoms with E-state index in [1.165, 1.54) is 5.39 Å². The monoisotopic (exact) mass is 200 g/mol. The zero-order chi connectivity index (χ0) is 10.6. The lowest BCUT2D eigenvalue weighted by Crippen LogP contribution is -1.91. The van der Waals surface area contributed by atoms with Crippen molar-refractivity contribution in [1.82, 2.24) is 19.6 Å². The van der Waals surface area contributed by atoms with E-state index in [0.717, 1.165) is 22.1 Å². The van der Waals surface area contributed by atoms with Gasteiger partial charge in [0.15, 0.2) is 0 Å². The van der Waals surface area contributed by atoms with E-state index in [-0.39, 0.29) is 0 Å². The molecule has 3 rings (SSSR count). The van der Waals surface area contributed by atoms with E-state index >= 15 is 0 Å². The van der Waals surface area contributed by atoms with Crippen molar-refractivity contribution in [1.29, 1.82) is 0 Å². The quantitative estimate of drug-likeness (QED) is 0.554. The van der Waals surface area contributed by atoms with E-state index in [9.17, 15) is 0 Å². The summed E-state index contributed by atoms with van der Waals surface area (Å²) in [6, 6.07) is 4.21. The molecule has 0 unspecified atom stereocenters. The molecule has 0 aliphatic rings. The summed E-state index contributed by atoms with van der Waals surface area (Å²) in [4.78, 5) is 0. The maximum atomic E-state index is 4.43. The van der Waals surface area contributed by atoms with Crippen LogP contribution in [-0.2, 0) is 14.1 Å². The topological polar surface area (TPSA) is 35.6 Å². The second-order valence-corrected chi connectivity index (χ2v) is 3.87. The third kappa shape index (κ3) is 0.960. The first-order valence-corrected chi connectivity index (χ1v) is 4.92. The third-order valence-corrected chi connectivity index (χ3v) is 2.92. The Hall–Kier alpha value is -1.84. The Morgan fingerprint density at radius 2 is 1.87 bits per heavy atom. The van der Waals surface area contributed by atoms with E-state index in [0.29, 0.717) is 0 Å². The molecule has 15 heavy (non-hydrogen) atoms. The van der Waals surface area contributed by atoms with E-state index < -0.39 is 0 Å². The van der Waals surface area contributed by atoms with Gasteiger partial charge in [-0.05, 0) is 19.1 Å². The average Bonchev–Trinajstić information content (AvgIpc) is 2.70. The molecule has 0 aliphatic carbocycles. The lowest BCUT2D eigenvalue weighted by atomic mass is 10.1. The molecule has 4 heteroatoms. The van der Waals surface area contributed by atoms with Crippen molar-refractivity contribution in [3.63, 3.8) is 0 Å². The smallest absolute Gasteiger partial charge is 0.0792 e. The first-order valence-electron chi connectivity index (χ1n) is 4.92. The van der Waals surface area contributed by atoms with Crippen LogP contribution >= 0.6 is 0 Å². The highest BCUT2D eigenvalue weighted by Gasteiger charge is 2.10. The van der Waals surface area contributed by atoms with Gasteiger partial charge in [0.05, 0.1) is 22.9 Å². The minimum Gasteiger partial charge on any atom is -0.268 e. The molecule has 1 aromatic carbocycles. The molecule has 4 nitrogen and oxygen atoms in total. The van der Waals surface area contributed by atoms with Crippen molar-refractivity contribution in [3.8, 4) is 0 Å². The van der Waals surface area contributed by atoms with Crippen molar-refractivity contribution in [2.75, 3.05) is 0 Å². The highest BCUT2D eigenvalue weighted by atomic mass is 15.3. The molecule has 0 fully saturated rings. The van der Waals surface area contributed by atoms with Gasteiger partial charge in [0.1, 0.15) is 0 Å². The van der Waals surface area contributed by atoms with Gasteiger partial charge in [0.2, 0.25) is 0 Å². The molecule has 0 atom stereocenters. The lowest BCUT2D eigenvalue weighted by Gasteiger charge is -1.97. The van der Waals surface area contributed by atoms with Gasteiger partial charge in [-0.25, -0.2) is 0 Å². The fraction of sp³-hybridized carbons (Fsp3) is 0.273. The molecule has 0 aliphatic heterocycles. The Morgan fingerprint density at radius 1 is 1.07 bits per heavy atom. The molecule has 2 aromatic heterocycles. The Balaban J connectivity index is 2.64. The van der Waals surface area contributed by atoms with Crippen LogP contribution in [0.2, 0.25) is 0 Å². The molecule has 0 amide bonds. The largest absolute Gasteiger partial charge is 0.268 e. The van der Waals surface area contributed by atoms with Gasteiger partial charge >= 0.3 is 0 Å². The van der Waals surface area contributed by atoms with Crippen molar-refractivity contribution in [2.24, 2.45) is 14.1 Å². The zero-order valence-corrected chi connectivity index (χ0v) is 9.02. The molecule has 0 saturated carbocycles. The Kier molecular flexibility index (Phi) is 1.46. The van der Waals surface area contributed by atoms with Crippen LogP contribution in [0.15, 0.2) is 18.3 Å². The van der Waals surface area contributed by atoms with Gasteiger partial charge < -0.3 is 0 Å². The third-order valence-electron chi connectivity index (χ3n) is 2.92. The highest BCUT2D eigenvalue weighted by Crippen LogP contribution is 2.26. The normalized spacial score (nSPS) is 11.7. The van der Waals surface area contributed by atoms with Crippen LogP contribution < -0.4 is 0 Å². The zero-order valence-electron chi connectivity index (χ0n) is 9.02. The molecule has 0 saturated heterocycles. The van der Waals surface area contributed by atoms with Crippen molar-refractivity contribution in [3.05, 3.63) is 24.0 Å². The van der Waals surface area contributed by atoms with Crippen LogP contribution in [0.4, 0.5) is 0 Å². The Labute approximate surface area is 87.1 Å². The number of hydrogen-bond donors (Lipinski definition) is 0. The second-order valence-electron chi connectivity index (χ2n) is 3.87. The standard InChI is InChI=1S/C11H12N4/c1-7-8-4-5-10-9(6-12-14(10)2)11(8)15(3)13-7/h4-6H,1-3H3. The molecule has 0 radical (unpaired) electrons. The van der Waals surface area contributed by atoms with Crippen LogP contribution in [0.25, 0.3) is 21.8 Å². The molecular formula is C11H12N4. The maximum absolute atomic E-state index is 4.43. The maximum Gasteiger partial charge on any atom is 0.0792 e. The number of nitrogens with zero attached hydrogens (tertiary/aromatic N) is 4. The minimum absolute atomic E-state index is 1.07. The molecule has 0 bridgehead atoms. The fourth-order valence-electron chi connectivity index (χ4n) is 2.18. The summed E-state index contributed by atoms with van der Waals surface area (Å²) in [7, 11) is 3.93. The number of aromatic nitrogens is 4. The summed E-state index contributed by atoms with van der Waals surface area (Å²) in [5.41, 5.74) is 3.38. The van der Waals surface area contributed by atoms with Crippen molar-refractivity contribution < 1.29 is 0 Å². The minimum atomic E-state index is 1.07. The predicted molar refractivity (Wildman–Crippen MR) is 59.7 cm³/mol. The van der Waals surface area contributed by atoms with Gasteiger partial charge in [-0.2, -0.15) is 10.2 Å². The van der Waals surface area contributed by atoms with Crippen LogP contribution in [0.5, 0.6) is 0 Å². The first kappa shape index (κ1) is 8.47. The van der Waals surface area contributed by atoms with Crippen LogP contribution in [-0.4, -0.2) is 19.6 Å². The summed E-state index contributed by atoms with van der Waals surface area (Å²) in [5.74, 6) is 0. The summed E-state index contributed by atoms with van der Waals surface area (Å²) in [5, 5.41) is 11.1. The molecule has 3 aromatic rings. The number of fused-ring (bicyclic) bond motifs is 3. The molecule has 0 spiro atoms. The van der Waals surface area contributed by atoms with Crippen LogP contribution in [0.3, 0.4) is 0 Å². The van der Waals surface area contributed by atoms with Gasteiger partial charge in [-0.15, -0.1) is 0 Å². The SMILES string of the molecule is Cc1nn(C)c2c1ccc1c2cnn1C. The van der Waals surface area contributed by atoms with Crippen LogP contribution in [0, 0.1) is 6.92 Å². The average molecular weight is 200 g/mol. The van der Waals surface area contributed by atoms with Gasteiger partial charge in [-0.1, -0.05) is 0 Å². The van der Waals surface area contributed by atoms with Gasteiger partial charge in [-0.3, -0.25) is 9.36 Å². The van der Waals surface area contributed by atoms with Crippen molar-refractivity contribution >= 4 is 21.8 Å². The molecule has 76 valence electrons. The van der Waals surface area contributed by atoms with Crippen LogP contribution in [0.1, 0.15) is 5.69 Å². The lowest BCUT2D eigenvalue weighted by molar-refractivity contribution is 0.785. The Morgan fingerprint density at radius 3 is 2.67 bits per heavy atom.